The summed E-state index contributed by atoms with van der Waals surface area (Å²) in [6.45, 7) is 1.66. The summed E-state index contributed by atoms with van der Waals surface area (Å²) in [5, 5.41) is 0.897. The first-order valence-corrected chi connectivity index (χ1v) is 14.4. The van der Waals surface area contributed by atoms with Crippen molar-refractivity contribution in [1.29, 1.82) is 0 Å². The number of rotatable bonds is 8. The summed E-state index contributed by atoms with van der Waals surface area (Å²) in [6.07, 6.45) is 4.80. The number of halogens is 3. The van der Waals surface area contributed by atoms with E-state index >= 15 is 0 Å². The molecule has 34 heavy (non-hydrogen) atoms. The Balaban J connectivity index is 1.37. The maximum Gasteiger partial charge on any atom is 0.265 e. The van der Waals surface area contributed by atoms with Gasteiger partial charge in [-0.2, -0.15) is 0 Å². The lowest BCUT2D eigenvalue weighted by Crippen LogP contribution is -2.36. The van der Waals surface area contributed by atoms with E-state index in [2.05, 4.69) is 4.72 Å². The largest absolute Gasteiger partial charge is 0.493 e. The number of ether oxygens (including phenoxy) is 1. The summed E-state index contributed by atoms with van der Waals surface area (Å²) in [7, 11) is -2.92. The highest BCUT2D eigenvalue weighted by atomic mass is 35.5. The van der Waals surface area contributed by atoms with Crippen LogP contribution in [0.1, 0.15) is 47.5 Å². The van der Waals surface area contributed by atoms with Crippen LogP contribution in [-0.4, -0.2) is 44.6 Å². The minimum Gasteiger partial charge on any atom is -0.493 e. The van der Waals surface area contributed by atoms with Crippen LogP contribution >= 0.6 is 23.2 Å². The molecule has 184 valence electrons. The molecule has 1 heterocycles. The zero-order chi connectivity index (χ0) is 24.4. The van der Waals surface area contributed by atoms with Crippen molar-refractivity contribution in [2.24, 2.45) is 5.92 Å². The third-order valence-corrected chi connectivity index (χ3v) is 8.30. The zero-order valence-corrected chi connectivity index (χ0v) is 21.7. The molecule has 6 nitrogen and oxygen atoms in total. The van der Waals surface area contributed by atoms with Crippen LogP contribution in [0, 0.1) is 11.7 Å². The Hall–Kier alpha value is -1.52. The highest BCUT2D eigenvalue weighted by molar-refractivity contribution is 7.83. The fourth-order valence-electron chi connectivity index (χ4n) is 4.00. The summed E-state index contributed by atoms with van der Waals surface area (Å²) in [4.78, 5) is 12.8. The molecular weight excluding hydrogens is 522 g/mol. The van der Waals surface area contributed by atoms with Gasteiger partial charge in [-0.05, 0) is 67.3 Å². The number of piperidine rings is 1. The predicted octanol–water partition coefficient (Wildman–Crippen LogP) is 4.85. The smallest absolute Gasteiger partial charge is 0.265 e. The van der Waals surface area contributed by atoms with Crippen LogP contribution in [0.25, 0.3) is 0 Å². The molecule has 0 bridgehead atoms. The second-order valence-corrected chi connectivity index (χ2v) is 12.0. The molecule has 4 rings (SSSR count). The number of carbonyl (C=O) groups is 1. The van der Waals surface area contributed by atoms with Crippen LogP contribution in [0.4, 0.5) is 4.39 Å². The second kappa shape index (κ2) is 11.0. The van der Waals surface area contributed by atoms with Crippen molar-refractivity contribution in [1.82, 2.24) is 9.03 Å². The Labute approximate surface area is 213 Å². The maximum atomic E-state index is 14.6. The predicted molar refractivity (Wildman–Crippen MR) is 133 cm³/mol. The molecule has 0 aromatic heterocycles. The van der Waals surface area contributed by atoms with Gasteiger partial charge in [0.1, 0.15) is 33.5 Å². The van der Waals surface area contributed by atoms with Crippen molar-refractivity contribution >= 4 is 51.1 Å². The van der Waals surface area contributed by atoms with E-state index in [1.54, 1.807) is 18.2 Å². The first-order chi connectivity index (χ1) is 16.2. The fourth-order valence-corrected chi connectivity index (χ4v) is 6.32. The van der Waals surface area contributed by atoms with Crippen LogP contribution in [-0.2, 0) is 22.0 Å². The molecule has 0 radical (unpaired) electrons. The van der Waals surface area contributed by atoms with Gasteiger partial charge >= 0.3 is 0 Å². The molecular formula is C23H25Cl2FN2O4S2. The van der Waals surface area contributed by atoms with Crippen molar-refractivity contribution in [2.75, 3.05) is 26.0 Å². The second-order valence-electron chi connectivity index (χ2n) is 8.57. The molecule has 2 fully saturated rings. The Bertz CT molecular complexity index is 1120. The van der Waals surface area contributed by atoms with E-state index < -0.39 is 33.7 Å². The molecule has 1 aliphatic carbocycles. The minimum atomic E-state index is -1.58. The third kappa shape index (κ3) is 6.37. The number of hydrogen-bond acceptors (Lipinski definition) is 4. The van der Waals surface area contributed by atoms with Crippen molar-refractivity contribution in [3.8, 4) is 5.75 Å². The summed E-state index contributed by atoms with van der Waals surface area (Å²) in [5.41, 5.74) is 0.686. The van der Waals surface area contributed by atoms with E-state index in [0.29, 0.717) is 40.4 Å². The summed E-state index contributed by atoms with van der Waals surface area (Å²) < 4.78 is 49.0. The number of benzene rings is 2. The van der Waals surface area contributed by atoms with Gasteiger partial charge < -0.3 is 4.74 Å². The van der Waals surface area contributed by atoms with E-state index in [1.165, 1.54) is 18.4 Å². The first-order valence-electron chi connectivity index (χ1n) is 10.9. The third-order valence-electron chi connectivity index (χ3n) is 5.92. The lowest BCUT2D eigenvalue weighted by atomic mass is 9.99. The van der Waals surface area contributed by atoms with Gasteiger partial charge in [0.15, 0.2) is 0 Å². The molecule has 2 atom stereocenters. The summed E-state index contributed by atoms with van der Waals surface area (Å²) >= 11 is 12.1. The van der Waals surface area contributed by atoms with E-state index in [-0.39, 0.29) is 17.4 Å². The average molecular weight is 548 g/mol. The van der Waals surface area contributed by atoms with Gasteiger partial charge in [-0.15, -0.1) is 0 Å². The van der Waals surface area contributed by atoms with Crippen LogP contribution in [0.3, 0.4) is 0 Å². The van der Waals surface area contributed by atoms with E-state index in [0.717, 1.165) is 31.2 Å². The molecule has 1 N–H and O–H groups in total. The number of nitrogens with zero attached hydrogens (tertiary/aromatic N) is 1. The molecule has 1 aliphatic heterocycles. The zero-order valence-electron chi connectivity index (χ0n) is 18.5. The van der Waals surface area contributed by atoms with E-state index in [4.69, 9.17) is 27.9 Å². The lowest BCUT2D eigenvalue weighted by Gasteiger charge is -2.31. The Morgan fingerprint density at radius 3 is 2.32 bits per heavy atom. The molecule has 2 aromatic rings. The standard InChI is InChI=1S/C23H25Cl2FN2O4S2/c1-33(30)27-23(29)20-11-19(15-2-3-15)22(12-21(20)26)32-13-14-4-6-28(7-5-14)34(31)18-9-16(24)8-17(25)10-18/h8-12,14-15H,2-7,13H2,1H3,(H,27,29). The monoisotopic (exact) mass is 546 g/mol. The molecule has 1 saturated carbocycles. The molecule has 1 saturated heterocycles. The van der Waals surface area contributed by atoms with Crippen LogP contribution < -0.4 is 9.46 Å². The van der Waals surface area contributed by atoms with Crippen molar-refractivity contribution < 1.29 is 22.3 Å². The highest BCUT2D eigenvalue weighted by Crippen LogP contribution is 2.45. The van der Waals surface area contributed by atoms with Gasteiger partial charge in [-0.1, -0.05) is 23.2 Å². The fraction of sp³-hybridized carbons (Fsp3) is 0.435. The molecule has 1 amide bonds. The summed E-state index contributed by atoms with van der Waals surface area (Å²) in [5.74, 6) is -0.477. The van der Waals surface area contributed by atoms with Crippen molar-refractivity contribution in [3.63, 3.8) is 0 Å². The van der Waals surface area contributed by atoms with Gasteiger partial charge in [0, 0.05) is 35.5 Å². The number of carbonyl (C=O) groups excluding carboxylic acids is 1. The molecule has 2 aliphatic rings. The minimum absolute atomic E-state index is 0.124. The summed E-state index contributed by atoms with van der Waals surface area (Å²) in [6, 6.07) is 7.71. The topological polar surface area (TPSA) is 75.7 Å². The van der Waals surface area contributed by atoms with Gasteiger partial charge in [0.2, 0.25) is 0 Å². The SMILES string of the molecule is CS(=O)NC(=O)c1cc(C2CC2)c(OCC2CCN(S(=O)c3cc(Cl)cc(Cl)c3)CC2)cc1F. The van der Waals surface area contributed by atoms with Gasteiger partial charge in [0.05, 0.1) is 17.1 Å². The van der Waals surface area contributed by atoms with E-state index in [1.807, 2.05) is 4.31 Å². The maximum absolute atomic E-state index is 14.6. The van der Waals surface area contributed by atoms with Gasteiger partial charge in [0.25, 0.3) is 5.91 Å². The molecule has 0 spiro atoms. The average Bonchev–Trinajstić information content (AvgIpc) is 3.61. The Morgan fingerprint density at radius 2 is 1.74 bits per heavy atom. The molecule has 2 unspecified atom stereocenters. The number of nitrogens with one attached hydrogen (secondary N) is 1. The molecule has 11 heteroatoms. The Kier molecular flexibility index (Phi) is 8.30. The van der Waals surface area contributed by atoms with Crippen molar-refractivity contribution in [3.05, 3.63) is 57.3 Å². The number of amides is 1. The first kappa shape index (κ1) is 25.6. The van der Waals surface area contributed by atoms with Gasteiger partial charge in [-0.25, -0.2) is 17.1 Å². The lowest BCUT2D eigenvalue weighted by molar-refractivity contribution is 0.0979. The van der Waals surface area contributed by atoms with Crippen molar-refractivity contribution in [2.45, 2.75) is 36.5 Å². The Morgan fingerprint density at radius 1 is 1.09 bits per heavy atom. The van der Waals surface area contributed by atoms with E-state index in [9.17, 15) is 17.6 Å². The molecule has 2 aromatic carbocycles. The van der Waals surface area contributed by atoms with Crippen LogP contribution in [0.5, 0.6) is 5.75 Å². The quantitative estimate of drug-likeness (QED) is 0.513. The van der Waals surface area contributed by atoms with Crippen LogP contribution in [0.15, 0.2) is 35.2 Å². The highest BCUT2D eigenvalue weighted by Gasteiger charge is 2.30. The number of hydrogen-bond donors (Lipinski definition) is 1. The van der Waals surface area contributed by atoms with Crippen LogP contribution in [0.2, 0.25) is 10.0 Å². The normalized spacial score (nSPS) is 18.9. The van der Waals surface area contributed by atoms with Gasteiger partial charge in [-0.3, -0.25) is 9.52 Å².